The molecule has 0 spiro atoms. The topological polar surface area (TPSA) is 108 Å². The highest BCUT2D eigenvalue weighted by atomic mass is 16.6. The van der Waals surface area contributed by atoms with Crippen LogP contribution in [0.3, 0.4) is 0 Å². The third-order valence-corrected chi connectivity index (χ3v) is 4.64. The molecule has 0 heterocycles. The van der Waals surface area contributed by atoms with Gasteiger partial charge in [0.15, 0.2) is 11.5 Å². The van der Waals surface area contributed by atoms with Gasteiger partial charge in [0.05, 0.1) is 73.2 Å². The predicted molar refractivity (Wildman–Crippen MR) is 118 cm³/mol. The molecule has 1 aliphatic rings. The number of hydrogen-bond acceptors (Lipinski definition) is 10. The van der Waals surface area contributed by atoms with Gasteiger partial charge in [-0.2, -0.15) is 0 Å². The van der Waals surface area contributed by atoms with Gasteiger partial charge in [-0.3, -0.25) is 4.90 Å². The maximum absolute atomic E-state index is 8.78. The van der Waals surface area contributed by atoms with E-state index in [1.807, 2.05) is 12.2 Å². The molecule has 188 valence electrons. The lowest BCUT2D eigenvalue weighted by atomic mass is 10.1. The van der Waals surface area contributed by atoms with Crippen molar-refractivity contribution in [3.8, 4) is 0 Å². The molecule has 0 fully saturated rings. The van der Waals surface area contributed by atoms with Crippen molar-refractivity contribution >= 4 is 0 Å². The van der Waals surface area contributed by atoms with Crippen LogP contribution < -0.4 is 0 Å². The van der Waals surface area contributed by atoms with Crippen LogP contribution in [0.5, 0.6) is 0 Å². The van der Waals surface area contributed by atoms with Crippen molar-refractivity contribution < 1.29 is 43.4 Å². The van der Waals surface area contributed by atoms with E-state index in [9.17, 15) is 0 Å². The molecule has 0 aliphatic heterocycles. The third kappa shape index (κ3) is 13.3. The van der Waals surface area contributed by atoms with Gasteiger partial charge >= 0.3 is 0 Å². The second-order valence-electron chi connectivity index (χ2n) is 6.88. The molecule has 10 heteroatoms. The fourth-order valence-corrected chi connectivity index (χ4v) is 2.96. The van der Waals surface area contributed by atoms with Gasteiger partial charge in [-0.25, -0.2) is 0 Å². The van der Waals surface area contributed by atoms with Crippen LogP contribution in [-0.2, 0) is 33.2 Å². The first kappa shape index (κ1) is 28.8. The van der Waals surface area contributed by atoms with Gasteiger partial charge in [0.1, 0.15) is 12.7 Å². The summed E-state index contributed by atoms with van der Waals surface area (Å²) in [6, 6.07) is 0. The molecular weight excluding hydrogens is 422 g/mol. The summed E-state index contributed by atoms with van der Waals surface area (Å²) in [5.74, 6) is 1.38. The zero-order chi connectivity index (χ0) is 23.3. The van der Waals surface area contributed by atoms with E-state index in [0.29, 0.717) is 71.0 Å². The van der Waals surface area contributed by atoms with Crippen LogP contribution in [0.1, 0.15) is 6.42 Å². The van der Waals surface area contributed by atoms with Crippen molar-refractivity contribution in [1.29, 1.82) is 0 Å². The Bertz CT molecular complexity index is 490. The Morgan fingerprint density at radius 2 is 1.31 bits per heavy atom. The van der Waals surface area contributed by atoms with Crippen LogP contribution >= 0.6 is 0 Å². The molecule has 2 N–H and O–H groups in total. The van der Waals surface area contributed by atoms with E-state index in [4.69, 9.17) is 43.4 Å². The van der Waals surface area contributed by atoms with Gasteiger partial charge in [0.25, 0.3) is 0 Å². The molecule has 10 nitrogen and oxygen atoms in total. The second-order valence-corrected chi connectivity index (χ2v) is 6.88. The molecule has 0 bridgehead atoms. The average molecular weight is 464 g/mol. The minimum Gasteiger partial charge on any atom is -0.493 e. The number of aliphatic hydroxyl groups is 2. The van der Waals surface area contributed by atoms with Crippen molar-refractivity contribution in [1.82, 2.24) is 4.90 Å². The number of nitrogens with zero attached hydrogens (tertiary/aromatic N) is 1. The zero-order valence-electron chi connectivity index (χ0n) is 19.5. The highest BCUT2D eigenvalue weighted by Crippen LogP contribution is 2.23. The molecule has 32 heavy (non-hydrogen) atoms. The fraction of sp³-hybridized carbons (Fsp3) is 0.818. The molecule has 1 aliphatic carbocycles. The Labute approximate surface area is 191 Å². The first-order valence-electron chi connectivity index (χ1n) is 11.1. The third-order valence-electron chi connectivity index (χ3n) is 4.64. The summed E-state index contributed by atoms with van der Waals surface area (Å²) in [5, 5.41) is 17.6. The highest BCUT2D eigenvalue weighted by molar-refractivity contribution is 5.24. The Morgan fingerprint density at radius 3 is 1.84 bits per heavy atom. The van der Waals surface area contributed by atoms with Gasteiger partial charge in [0.2, 0.25) is 0 Å². The van der Waals surface area contributed by atoms with Crippen LogP contribution in [0, 0.1) is 0 Å². The molecule has 1 atom stereocenters. The number of hydrogen-bond donors (Lipinski definition) is 2. The van der Waals surface area contributed by atoms with E-state index in [-0.39, 0.29) is 19.3 Å². The summed E-state index contributed by atoms with van der Waals surface area (Å²) < 4.78 is 38.5. The van der Waals surface area contributed by atoms with E-state index in [0.717, 1.165) is 26.1 Å². The summed E-state index contributed by atoms with van der Waals surface area (Å²) >= 11 is 0. The predicted octanol–water partition coefficient (Wildman–Crippen LogP) is 0.189. The number of methoxy groups -OCH3 is 2. The van der Waals surface area contributed by atoms with Gasteiger partial charge in [-0.05, 0) is 12.5 Å². The quantitative estimate of drug-likeness (QED) is 0.216. The fourth-order valence-electron chi connectivity index (χ4n) is 2.96. The van der Waals surface area contributed by atoms with Crippen molar-refractivity contribution in [2.24, 2.45) is 0 Å². The largest absolute Gasteiger partial charge is 0.493 e. The first-order valence-corrected chi connectivity index (χ1v) is 11.1. The van der Waals surface area contributed by atoms with Crippen molar-refractivity contribution in [3.05, 3.63) is 23.7 Å². The number of allylic oxidation sites excluding steroid dienone is 1. The van der Waals surface area contributed by atoms with Crippen LogP contribution in [0.15, 0.2) is 23.7 Å². The molecule has 0 aromatic rings. The monoisotopic (exact) mass is 463 g/mol. The standard InChI is InChI=1S/C22H41NO9/c1-26-20-4-3-5-21(27-2)22(20)32-19-18-31-17-16-30-13-8-23(6-11-28-14-9-24)7-12-29-15-10-25/h3-4,21,24-25H,5-19H2,1-2H3. The Hall–Kier alpha value is -1.24. The van der Waals surface area contributed by atoms with Gasteiger partial charge < -0.3 is 43.4 Å². The van der Waals surface area contributed by atoms with E-state index < -0.39 is 0 Å². The average Bonchev–Trinajstić information content (AvgIpc) is 2.82. The summed E-state index contributed by atoms with van der Waals surface area (Å²) in [4.78, 5) is 2.16. The zero-order valence-corrected chi connectivity index (χ0v) is 19.5. The van der Waals surface area contributed by atoms with Gasteiger partial charge in [0, 0.05) is 26.7 Å². The molecule has 1 unspecified atom stereocenters. The van der Waals surface area contributed by atoms with Crippen molar-refractivity contribution in [2.75, 3.05) is 107 Å². The van der Waals surface area contributed by atoms with E-state index in [1.165, 1.54) is 0 Å². The van der Waals surface area contributed by atoms with Crippen LogP contribution in [0.4, 0.5) is 0 Å². The minimum absolute atomic E-state index is 0.0168. The molecule has 0 radical (unpaired) electrons. The van der Waals surface area contributed by atoms with E-state index in [1.54, 1.807) is 14.2 Å². The van der Waals surface area contributed by atoms with E-state index >= 15 is 0 Å². The Morgan fingerprint density at radius 1 is 0.781 bits per heavy atom. The summed E-state index contributed by atoms with van der Waals surface area (Å²) in [6.45, 7) is 6.32. The molecule has 0 saturated carbocycles. The maximum atomic E-state index is 8.78. The maximum Gasteiger partial charge on any atom is 0.167 e. The number of ether oxygens (including phenoxy) is 7. The van der Waals surface area contributed by atoms with Crippen LogP contribution in [0.25, 0.3) is 0 Å². The summed E-state index contributed by atoms with van der Waals surface area (Å²) in [5.41, 5.74) is 0. The van der Waals surface area contributed by atoms with Gasteiger partial charge in [-0.15, -0.1) is 0 Å². The number of aliphatic hydroxyl groups excluding tert-OH is 2. The lowest BCUT2D eigenvalue weighted by molar-refractivity contribution is 0.000391. The van der Waals surface area contributed by atoms with E-state index in [2.05, 4.69) is 4.90 Å². The van der Waals surface area contributed by atoms with Crippen molar-refractivity contribution in [3.63, 3.8) is 0 Å². The second kappa shape index (κ2) is 20.4. The lowest BCUT2D eigenvalue weighted by Gasteiger charge is -2.23. The smallest absolute Gasteiger partial charge is 0.167 e. The molecule has 0 amide bonds. The Balaban J connectivity index is 2.12. The molecule has 0 aromatic heterocycles. The number of rotatable bonds is 22. The normalized spacial score (nSPS) is 16.2. The summed E-state index contributed by atoms with van der Waals surface area (Å²) in [7, 11) is 3.26. The highest BCUT2D eigenvalue weighted by Gasteiger charge is 2.22. The van der Waals surface area contributed by atoms with Crippen molar-refractivity contribution in [2.45, 2.75) is 12.5 Å². The molecule has 0 aromatic carbocycles. The first-order chi connectivity index (χ1) is 15.8. The summed E-state index contributed by atoms with van der Waals surface area (Å²) in [6.07, 6.45) is 4.51. The van der Waals surface area contributed by atoms with Gasteiger partial charge in [-0.1, -0.05) is 6.08 Å². The SMILES string of the molecule is COC1=C(OCCOCCOCCN(CCOCCO)CCOCCO)C(OC)CC=C1. The molecule has 0 saturated heterocycles. The minimum atomic E-state index is -0.135. The van der Waals surface area contributed by atoms with Crippen LogP contribution in [-0.4, -0.2) is 128 Å². The molecule has 1 rings (SSSR count). The Kier molecular flexibility index (Phi) is 18.3. The van der Waals surface area contributed by atoms with Crippen LogP contribution in [0.2, 0.25) is 0 Å². The lowest BCUT2D eigenvalue weighted by Crippen LogP contribution is -2.34. The molecular formula is C22H41NO9.